The van der Waals surface area contributed by atoms with Gasteiger partial charge in [0.05, 0.1) is 31.2 Å². The van der Waals surface area contributed by atoms with Gasteiger partial charge < -0.3 is 9.47 Å². The molecule has 0 saturated carbocycles. The van der Waals surface area contributed by atoms with Crippen LogP contribution < -0.4 is 4.74 Å². The van der Waals surface area contributed by atoms with Gasteiger partial charge in [-0.3, -0.25) is 0 Å². The lowest BCUT2D eigenvalue weighted by atomic mass is 10.2. The molecule has 0 unspecified atom stereocenters. The Balaban J connectivity index is 2.20. The van der Waals surface area contributed by atoms with Gasteiger partial charge in [0.15, 0.2) is 0 Å². The average molecular weight is 270 g/mol. The minimum Gasteiger partial charge on any atom is -0.497 e. The van der Waals surface area contributed by atoms with E-state index >= 15 is 0 Å². The highest BCUT2D eigenvalue weighted by molar-refractivity contribution is 5.90. The highest BCUT2D eigenvalue weighted by atomic mass is 16.5. The standard InChI is InChI=1S/C15H14N2O3/c1-19-14-8-4-7-13(10-14)17-16-12-6-3-5-11(9-12)15(18)20-2/h3-10H,1-2H3. The first kappa shape index (κ1) is 13.7. The molecule has 0 saturated heterocycles. The van der Waals surface area contributed by atoms with Gasteiger partial charge in [-0.1, -0.05) is 12.1 Å². The molecule has 2 rings (SSSR count). The monoisotopic (exact) mass is 270 g/mol. The van der Waals surface area contributed by atoms with E-state index in [1.165, 1.54) is 7.11 Å². The van der Waals surface area contributed by atoms with Crippen LogP contribution in [-0.2, 0) is 4.74 Å². The zero-order valence-electron chi connectivity index (χ0n) is 11.2. The molecule has 0 heterocycles. The normalized spacial score (nSPS) is 10.5. The lowest BCUT2D eigenvalue weighted by Crippen LogP contribution is -1.99. The summed E-state index contributed by atoms with van der Waals surface area (Å²) in [7, 11) is 2.93. The van der Waals surface area contributed by atoms with Crippen LogP contribution in [0.5, 0.6) is 5.75 Å². The molecule has 0 atom stereocenters. The van der Waals surface area contributed by atoms with E-state index in [0.717, 1.165) is 0 Å². The molecule has 0 radical (unpaired) electrons. The molecular formula is C15H14N2O3. The summed E-state index contributed by atoms with van der Waals surface area (Å²) in [5.41, 5.74) is 1.69. The van der Waals surface area contributed by atoms with Crippen LogP contribution in [0.3, 0.4) is 0 Å². The van der Waals surface area contributed by atoms with Crippen LogP contribution in [0.15, 0.2) is 58.8 Å². The minimum atomic E-state index is -0.400. The molecule has 0 bridgehead atoms. The molecule has 0 aliphatic heterocycles. The fraction of sp³-hybridized carbons (Fsp3) is 0.133. The number of carbonyl (C=O) groups excluding carboxylic acids is 1. The number of ether oxygens (including phenoxy) is 2. The number of nitrogens with zero attached hydrogens (tertiary/aromatic N) is 2. The van der Waals surface area contributed by atoms with Gasteiger partial charge in [0.1, 0.15) is 5.75 Å². The van der Waals surface area contributed by atoms with Crippen LogP contribution in [0.4, 0.5) is 11.4 Å². The number of azo groups is 1. The Hall–Kier alpha value is -2.69. The fourth-order valence-corrected chi connectivity index (χ4v) is 1.60. The third-order valence-corrected chi connectivity index (χ3v) is 2.60. The Bertz CT molecular complexity index is 639. The molecule has 0 N–H and O–H groups in total. The molecule has 5 nitrogen and oxygen atoms in total. The van der Waals surface area contributed by atoms with Crippen LogP contribution >= 0.6 is 0 Å². The number of esters is 1. The molecule has 2 aromatic rings. The van der Waals surface area contributed by atoms with Gasteiger partial charge in [-0.2, -0.15) is 10.2 Å². The molecule has 0 spiro atoms. The first-order valence-corrected chi connectivity index (χ1v) is 5.97. The van der Waals surface area contributed by atoms with E-state index in [9.17, 15) is 4.79 Å². The molecule has 0 amide bonds. The second kappa shape index (κ2) is 6.47. The van der Waals surface area contributed by atoms with E-state index in [2.05, 4.69) is 15.0 Å². The molecule has 0 fully saturated rings. The van der Waals surface area contributed by atoms with E-state index < -0.39 is 5.97 Å². The first-order valence-electron chi connectivity index (χ1n) is 5.97. The van der Waals surface area contributed by atoms with Crippen LogP contribution in [0, 0.1) is 0 Å². The number of hydrogen-bond acceptors (Lipinski definition) is 5. The molecule has 102 valence electrons. The zero-order chi connectivity index (χ0) is 14.4. The van der Waals surface area contributed by atoms with E-state index in [4.69, 9.17) is 4.74 Å². The van der Waals surface area contributed by atoms with Gasteiger partial charge >= 0.3 is 5.97 Å². The molecule has 0 aliphatic carbocycles. The lowest BCUT2D eigenvalue weighted by molar-refractivity contribution is 0.0601. The van der Waals surface area contributed by atoms with Crippen molar-refractivity contribution in [2.75, 3.05) is 14.2 Å². The SMILES string of the molecule is COC(=O)c1cccc(N=Nc2cccc(OC)c2)c1. The Morgan fingerprint density at radius 2 is 1.60 bits per heavy atom. The van der Waals surface area contributed by atoms with Crippen molar-refractivity contribution in [2.45, 2.75) is 0 Å². The number of benzene rings is 2. The summed E-state index contributed by atoms with van der Waals surface area (Å²) in [4.78, 5) is 11.4. The van der Waals surface area contributed by atoms with Gasteiger partial charge in [-0.15, -0.1) is 0 Å². The first-order chi connectivity index (χ1) is 9.72. The Morgan fingerprint density at radius 3 is 2.25 bits per heavy atom. The number of hydrogen-bond donors (Lipinski definition) is 0. The van der Waals surface area contributed by atoms with Crippen LogP contribution in [0.2, 0.25) is 0 Å². The Labute approximate surface area is 116 Å². The highest BCUT2D eigenvalue weighted by Gasteiger charge is 2.04. The van der Waals surface area contributed by atoms with Gasteiger partial charge in [-0.25, -0.2) is 4.79 Å². The van der Waals surface area contributed by atoms with Crippen molar-refractivity contribution in [2.24, 2.45) is 10.2 Å². The van der Waals surface area contributed by atoms with Crippen molar-refractivity contribution >= 4 is 17.3 Å². The summed E-state index contributed by atoms with van der Waals surface area (Å²) in [5.74, 6) is 0.313. The molecule has 20 heavy (non-hydrogen) atoms. The topological polar surface area (TPSA) is 60.2 Å². The summed E-state index contributed by atoms with van der Waals surface area (Å²) in [6.45, 7) is 0. The van der Waals surface area contributed by atoms with Gasteiger partial charge in [0, 0.05) is 6.07 Å². The van der Waals surface area contributed by atoms with Crippen molar-refractivity contribution in [3.8, 4) is 5.75 Å². The van der Waals surface area contributed by atoms with E-state index in [0.29, 0.717) is 22.7 Å². The Morgan fingerprint density at radius 1 is 0.950 bits per heavy atom. The van der Waals surface area contributed by atoms with Crippen molar-refractivity contribution in [3.05, 3.63) is 54.1 Å². The smallest absolute Gasteiger partial charge is 0.337 e. The summed E-state index contributed by atoms with van der Waals surface area (Å²) in [6, 6.07) is 14.0. The van der Waals surface area contributed by atoms with Gasteiger partial charge in [0.2, 0.25) is 0 Å². The van der Waals surface area contributed by atoms with E-state index in [1.54, 1.807) is 37.4 Å². The minimum absolute atomic E-state index is 0.400. The molecular weight excluding hydrogens is 256 g/mol. The maximum atomic E-state index is 11.4. The quantitative estimate of drug-likeness (QED) is 0.625. The molecule has 0 aliphatic rings. The third-order valence-electron chi connectivity index (χ3n) is 2.60. The van der Waals surface area contributed by atoms with Crippen molar-refractivity contribution in [3.63, 3.8) is 0 Å². The maximum absolute atomic E-state index is 11.4. The van der Waals surface area contributed by atoms with Gasteiger partial charge in [0.25, 0.3) is 0 Å². The molecule has 5 heteroatoms. The van der Waals surface area contributed by atoms with Crippen molar-refractivity contribution in [1.29, 1.82) is 0 Å². The zero-order valence-corrected chi connectivity index (χ0v) is 11.2. The summed E-state index contributed by atoms with van der Waals surface area (Å²) in [5, 5.41) is 8.20. The van der Waals surface area contributed by atoms with Crippen LogP contribution in [0.25, 0.3) is 0 Å². The second-order valence-corrected chi connectivity index (χ2v) is 3.94. The number of rotatable bonds is 4. The van der Waals surface area contributed by atoms with Crippen molar-refractivity contribution < 1.29 is 14.3 Å². The predicted octanol–water partition coefficient (Wildman–Crippen LogP) is 3.90. The van der Waals surface area contributed by atoms with Crippen LogP contribution in [0.1, 0.15) is 10.4 Å². The van der Waals surface area contributed by atoms with Crippen LogP contribution in [-0.4, -0.2) is 20.2 Å². The lowest BCUT2D eigenvalue weighted by Gasteiger charge is -2.00. The molecule has 2 aromatic carbocycles. The number of methoxy groups -OCH3 is 2. The third kappa shape index (κ3) is 3.41. The summed E-state index contributed by atoms with van der Waals surface area (Å²) >= 11 is 0. The van der Waals surface area contributed by atoms with E-state index in [-0.39, 0.29) is 0 Å². The summed E-state index contributed by atoms with van der Waals surface area (Å²) in [6.07, 6.45) is 0. The average Bonchev–Trinajstić information content (AvgIpc) is 2.52. The maximum Gasteiger partial charge on any atom is 0.337 e. The highest BCUT2D eigenvalue weighted by Crippen LogP contribution is 2.23. The van der Waals surface area contributed by atoms with Gasteiger partial charge in [-0.05, 0) is 30.3 Å². The van der Waals surface area contributed by atoms with Crippen molar-refractivity contribution in [1.82, 2.24) is 0 Å². The second-order valence-electron chi connectivity index (χ2n) is 3.94. The van der Waals surface area contributed by atoms with E-state index in [1.807, 2.05) is 18.2 Å². The largest absolute Gasteiger partial charge is 0.497 e. The summed E-state index contributed by atoms with van der Waals surface area (Å²) < 4.78 is 9.77. The Kier molecular flexibility index (Phi) is 4.44. The predicted molar refractivity (Wildman–Crippen MR) is 75.0 cm³/mol. The number of carbonyl (C=O) groups is 1. The molecule has 0 aromatic heterocycles. The fourth-order valence-electron chi connectivity index (χ4n) is 1.60.